The molecule has 0 bridgehead atoms. The second-order valence-corrected chi connectivity index (χ2v) is 21.7. The molecule has 306 valence electrons. The van der Waals surface area contributed by atoms with Gasteiger partial charge in [-0.25, -0.2) is 9.20 Å². The van der Waals surface area contributed by atoms with Gasteiger partial charge in [-0.1, -0.05) is 168 Å². The number of rotatable bonds is 3. The van der Waals surface area contributed by atoms with E-state index in [4.69, 9.17) is 0 Å². The van der Waals surface area contributed by atoms with Crippen LogP contribution < -0.4 is 0 Å². The molecule has 0 fully saturated rings. The molecule has 0 saturated carbocycles. The maximum absolute atomic E-state index is 2.54. The molecule has 3 heterocycles. The Balaban J connectivity index is 1.33. The first kappa shape index (κ1) is 39.1. The van der Waals surface area contributed by atoms with Crippen LogP contribution in [0.2, 0.25) is 0 Å². The highest BCUT2D eigenvalue weighted by Crippen LogP contribution is 2.45. The van der Waals surface area contributed by atoms with Crippen molar-refractivity contribution in [3.05, 3.63) is 162 Å². The molecule has 0 atom stereocenters. The number of hydrogen-bond acceptors (Lipinski definition) is 0. The smallest absolute Gasteiger partial charge is 0.0957 e. The molecule has 10 rings (SSSR count). The van der Waals surface area contributed by atoms with Gasteiger partial charge in [-0.3, -0.25) is 0 Å². The van der Waals surface area contributed by atoms with Crippen molar-refractivity contribution in [2.24, 2.45) is 0 Å². The number of hydrogen-bond donors (Lipinski definition) is 0. The first-order valence-corrected chi connectivity index (χ1v) is 22.1. The van der Waals surface area contributed by atoms with Crippen LogP contribution in [0, 0.1) is 0 Å². The predicted octanol–water partition coefficient (Wildman–Crippen LogP) is 16.1. The Kier molecular flexibility index (Phi) is 8.47. The average molecular weight is 798 g/mol. The SMILES string of the molecule is CC(C)(C)c1ccc(-c2ccc(-n3c4cccc5c4-n(c4cc(-c6ccc(C(C)(C)C)cc6)ccc43)n3c4ccc(C(C)(C)C)cc4c4cc(C(C)(C)C)cc5c43)cc2)cc1. The Morgan fingerprint density at radius 3 is 1.34 bits per heavy atom. The van der Waals surface area contributed by atoms with Crippen LogP contribution in [-0.4, -0.2) is 13.8 Å². The molecule has 8 aromatic rings. The summed E-state index contributed by atoms with van der Waals surface area (Å²) in [5.41, 5.74) is 18.7. The fourth-order valence-corrected chi connectivity index (χ4v) is 9.52. The Morgan fingerprint density at radius 2 is 0.787 bits per heavy atom. The van der Waals surface area contributed by atoms with Gasteiger partial charge in [-0.05, 0) is 121 Å². The maximum Gasteiger partial charge on any atom is 0.0957 e. The molecule has 2 aliphatic heterocycles. The quantitative estimate of drug-likeness (QED) is 0.125. The van der Waals surface area contributed by atoms with E-state index in [9.17, 15) is 0 Å². The fourth-order valence-electron chi connectivity index (χ4n) is 9.52. The third-order valence-electron chi connectivity index (χ3n) is 13.3. The summed E-state index contributed by atoms with van der Waals surface area (Å²) in [5, 5.41) is 5.15. The van der Waals surface area contributed by atoms with E-state index in [1.165, 1.54) is 88.3 Å². The minimum Gasteiger partial charge on any atom is -0.306 e. The second-order valence-electron chi connectivity index (χ2n) is 21.7. The lowest BCUT2D eigenvalue weighted by molar-refractivity contribution is 0.590. The third kappa shape index (κ3) is 6.30. The highest BCUT2D eigenvalue weighted by Gasteiger charge is 2.28. The Labute approximate surface area is 361 Å². The predicted molar refractivity (Wildman–Crippen MR) is 263 cm³/mol. The first-order valence-electron chi connectivity index (χ1n) is 22.1. The van der Waals surface area contributed by atoms with Crippen molar-refractivity contribution in [1.29, 1.82) is 0 Å². The number of benzene rings is 7. The zero-order chi connectivity index (χ0) is 43.0. The lowest BCUT2D eigenvalue weighted by Crippen LogP contribution is -2.17. The van der Waals surface area contributed by atoms with Crippen molar-refractivity contribution in [2.75, 3.05) is 0 Å². The molecule has 1 aromatic heterocycles. The summed E-state index contributed by atoms with van der Waals surface area (Å²) < 4.78 is 7.57. The van der Waals surface area contributed by atoms with Crippen LogP contribution in [-0.2, 0) is 21.7 Å². The normalized spacial score (nSPS) is 13.2. The number of fused-ring (bicyclic) bond motifs is 7. The monoisotopic (exact) mass is 797 g/mol. The van der Waals surface area contributed by atoms with Gasteiger partial charge in [0.1, 0.15) is 0 Å². The molecule has 0 aliphatic carbocycles. The number of aromatic nitrogens is 3. The minimum atomic E-state index is -0.0301. The van der Waals surface area contributed by atoms with E-state index < -0.39 is 0 Å². The van der Waals surface area contributed by atoms with Crippen molar-refractivity contribution in [3.8, 4) is 33.6 Å². The van der Waals surface area contributed by atoms with E-state index in [1.54, 1.807) is 0 Å². The minimum absolute atomic E-state index is 0.0183. The highest BCUT2D eigenvalue weighted by molar-refractivity contribution is 6.20. The van der Waals surface area contributed by atoms with E-state index in [-0.39, 0.29) is 21.7 Å². The Hall–Kier alpha value is -6.06. The van der Waals surface area contributed by atoms with E-state index in [1.807, 2.05) is 0 Å². The van der Waals surface area contributed by atoms with Gasteiger partial charge in [0.2, 0.25) is 0 Å². The van der Waals surface area contributed by atoms with Crippen LogP contribution in [0.1, 0.15) is 105 Å². The fraction of sp³-hybridized carbons (Fsp3) is 0.276. The summed E-state index contributed by atoms with van der Waals surface area (Å²) in [6, 6.07) is 53.6. The maximum atomic E-state index is 2.54. The van der Waals surface area contributed by atoms with Gasteiger partial charge in [0.05, 0.1) is 33.3 Å². The molecule has 3 nitrogen and oxygen atoms in total. The van der Waals surface area contributed by atoms with Crippen molar-refractivity contribution in [2.45, 2.75) is 105 Å². The van der Waals surface area contributed by atoms with E-state index in [0.717, 1.165) is 16.7 Å². The molecule has 61 heavy (non-hydrogen) atoms. The lowest BCUT2D eigenvalue weighted by atomic mass is 9.84. The molecule has 0 saturated heterocycles. The zero-order valence-corrected chi connectivity index (χ0v) is 38.1. The van der Waals surface area contributed by atoms with Gasteiger partial charge >= 0.3 is 0 Å². The molecule has 0 amide bonds. The van der Waals surface area contributed by atoms with Crippen LogP contribution in [0.3, 0.4) is 0 Å². The summed E-state index contributed by atoms with van der Waals surface area (Å²) in [4.78, 5) is 0. The molecule has 0 unspecified atom stereocenters. The van der Waals surface area contributed by atoms with Gasteiger partial charge in [-0.15, -0.1) is 0 Å². The van der Waals surface area contributed by atoms with Gasteiger partial charge in [0, 0.05) is 27.2 Å². The average Bonchev–Trinajstić information content (AvgIpc) is 3.55. The first-order chi connectivity index (χ1) is 28.8. The number of para-hydroxylation sites is 1. The molecule has 2 aliphatic rings. The highest BCUT2D eigenvalue weighted by atomic mass is 15.4. The lowest BCUT2D eigenvalue weighted by Gasteiger charge is -2.28. The van der Waals surface area contributed by atoms with Crippen LogP contribution in [0.15, 0.2) is 140 Å². The summed E-state index contributed by atoms with van der Waals surface area (Å²) in [5.74, 6) is 0. The van der Waals surface area contributed by atoms with E-state index in [0.29, 0.717) is 0 Å². The second kappa shape index (κ2) is 13.2. The summed E-state index contributed by atoms with van der Waals surface area (Å²) in [7, 11) is 0. The largest absolute Gasteiger partial charge is 0.306 e. The van der Waals surface area contributed by atoms with Gasteiger partial charge in [0.25, 0.3) is 0 Å². The van der Waals surface area contributed by atoms with E-state index in [2.05, 4.69) is 236 Å². The molecule has 7 aromatic carbocycles. The molecular formula is C58H59N3. The van der Waals surface area contributed by atoms with Crippen molar-refractivity contribution >= 4 is 49.1 Å². The van der Waals surface area contributed by atoms with Gasteiger partial charge in [-0.2, -0.15) is 0 Å². The summed E-state index contributed by atoms with van der Waals surface area (Å²) in [6.45, 7) is 27.6. The summed E-state index contributed by atoms with van der Waals surface area (Å²) >= 11 is 0. The molecule has 0 N–H and O–H groups in total. The van der Waals surface area contributed by atoms with Crippen molar-refractivity contribution in [1.82, 2.24) is 13.8 Å². The molecule has 0 spiro atoms. The van der Waals surface area contributed by atoms with Crippen LogP contribution in [0.4, 0.5) is 0 Å². The van der Waals surface area contributed by atoms with Crippen molar-refractivity contribution in [3.63, 3.8) is 0 Å². The number of nitrogens with zero attached hydrogens (tertiary/aromatic N) is 3. The van der Waals surface area contributed by atoms with Crippen LogP contribution in [0.5, 0.6) is 0 Å². The zero-order valence-electron chi connectivity index (χ0n) is 38.1. The Bertz CT molecular complexity index is 3280. The molecule has 3 heteroatoms. The Morgan fingerprint density at radius 1 is 0.328 bits per heavy atom. The van der Waals surface area contributed by atoms with E-state index >= 15 is 0 Å². The molecule has 0 radical (unpaired) electrons. The third-order valence-corrected chi connectivity index (χ3v) is 13.3. The molecular weight excluding hydrogens is 739 g/mol. The summed E-state index contributed by atoms with van der Waals surface area (Å²) in [6.07, 6.45) is 0. The van der Waals surface area contributed by atoms with Crippen LogP contribution >= 0.6 is 0 Å². The topological polar surface area (TPSA) is 14.3 Å². The van der Waals surface area contributed by atoms with Gasteiger partial charge in [0.15, 0.2) is 0 Å². The van der Waals surface area contributed by atoms with Gasteiger partial charge < -0.3 is 4.57 Å². The van der Waals surface area contributed by atoms with Crippen molar-refractivity contribution < 1.29 is 0 Å². The standard InChI is InChI=1S/C58H59N3/c1-55(2,3)40-23-16-36(17-24-40)37-20-28-44(29-21-37)59-50-30-22-39(38-18-25-41(26-19-38)56(4,5)6)32-52(50)61-54-45(14-13-15-51(54)59)47-34-43(58(10,11)12)35-48-46-33-42(57(7,8)9)27-31-49(46)60(61)53(47)48/h13-35H,1-12H3. The van der Waals surface area contributed by atoms with Crippen LogP contribution in [0.25, 0.3) is 82.8 Å².